The number of carboxylic acids is 1. The van der Waals surface area contributed by atoms with Gasteiger partial charge in [-0.2, -0.15) is 0 Å². The van der Waals surface area contributed by atoms with E-state index in [0.717, 1.165) is 22.3 Å². The summed E-state index contributed by atoms with van der Waals surface area (Å²) in [5.74, 6) is -1.20. The predicted octanol–water partition coefficient (Wildman–Crippen LogP) is 2.48. The Morgan fingerprint density at radius 1 is 1.15 bits per heavy atom. The minimum Gasteiger partial charge on any atom is -0.480 e. The van der Waals surface area contributed by atoms with Crippen molar-refractivity contribution in [2.24, 2.45) is 0 Å². The lowest BCUT2D eigenvalue weighted by Crippen LogP contribution is -2.51. The molecule has 0 heterocycles. The molecule has 0 saturated heterocycles. The molecular formula is C16H23NO3. The average Bonchev–Trinajstić information content (AvgIpc) is 2.32. The molecule has 0 atom stereocenters. The van der Waals surface area contributed by atoms with Gasteiger partial charge in [0.2, 0.25) is 5.91 Å². The van der Waals surface area contributed by atoms with Crippen LogP contribution in [-0.4, -0.2) is 34.5 Å². The summed E-state index contributed by atoms with van der Waals surface area (Å²) in [4.78, 5) is 24.8. The highest BCUT2D eigenvalue weighted by molar-refractivity contribution is 5.87. The molecule has 0 fully saturated rings. The Bertz CT molecular complexity index is 524. The summed E-state index contributed by atoms with van der Waals surface area (Å²) in [5, 5.41) is 9.18. The Labute approximate surface area is 120 Å². The molecule has 1 rings (SSSR count). The number of amides is 1. The van der Waals surface area contributed by atoms with E-state index in [9.17, 15) is 14.7 Å². The topological polar surface area (TPSA) is 57.6 Å². The molecule has 0 saturated carbocycles. The molecule has 0 aliphatic heterocycles. The molecular weight excluding hydrogens is 254 g/mol. The van der Waals surface area contributed by atoms with Crippen LogP contribution in [0.3, 0.4) is 0 Å². The number of carboxylic acid groups (broad SMARTS) is 1. The number of aryl methyl sites for hydroxylation is 3. The van der Waals surface area contributed by atoms with E-state index in [4.69, 9.17) is 0 Å². The van der Waals surface area contributed by atoms with Crippen LogP contribution >= 0.6 is 0 Å². The van der Waals surface area contributed by atoms with Gasteiger partial charge in [-0.05, 0) is 51.3 Å². The molecule has 1 N–H and O–H groups in total. The third-order valence-corrected chi connectivity index (χ3v) is 3.90. The second kappa shape index (κ2) is 5.65. The van der Waals surface area contributed by atoms with E-state index in [1.807, 2.05) is 32.9 Å². The largest absolute Gasteiger partial charge is 0.480 e. The fraction of sp³-hybridized carbons (Fsp3) is 0.500. The summed E-state index contributed by atoms with van der Waals surface area (Å²) in [7, 11) is 1.54. The normalized spacial score (nSPS) is 11.3. The number of carbonyl (C=O) groups excluding carboxylic acids is 1. The van der Waals surface area contributed by atoms with Crippen LogP contribution in [0.4, 0.5) is 0 Å². The van der Waals surface area contributed by atoms with Crippen molar-refractivity contribution in [2.75, 3.05) is 7.05 Å². The number of likely N-dealkylation sites (N-methyl/N-ethyl adjacent to an activating group) is 1. The quantitative estimate of drug-likeness (QED) is 0.919. The van der Waals surface area contributed by atoms with Gasteiger partial charge in [-0.3, -0.25) is 4.79 Å². The predicted molar refractivity (Wildman–Crippen MR) is 78.8 cm³/mol. The molecule has 0 spiro atoms. The fourth-order valence-corrected chi connectivity index (χ4v) is 2.21. The first-order valence-corrected chi connectivity index (χ1v) is 6.64. The highest BCUT2D eigenvalue weighted by Gasteiger charge is 2.35. The van der Waals surface area contributed by atoms with Gasteiger partial charge in [-0.25, -0.2) is 4.79 Å². The van der Waals surface area contributed by atoms with Crippen molar-refractivity contribution in [3.05, 3.63) is 34.4 Å². The molecule has 0 aromatic heterocycles. The molecule has 1 aromatic carbocycles. The van der Waals surface area contributed by atoms with Gasteiger partial charge in [0.15, 0.2) is 0 Å². The zero-order valence-corrected chi connectivity index (χ0v) is 13.1. The lowest BCUT2D eigenvalue weighted by Gasteiger charge is -2.32. The highest BCUT2D eigenvalue weighted by Crippen LogP contribution is 2.20. The lowest BCUT2D eigenvalue weighted by molar-refractivity contribution is -0.155. The van der Waals surface area contributed by atoms with Gasteiger partial charge in [0, 0.05) is 7.05 Å². The van der Waals surface area contributed by atoms with Gasteiger partial charge < -0.3 is 10.0 Å². The molecule has 0 unspecified atom stereocenters. The van der Waals surface area contributed by atoms with Crippen molar-refractivity contribution in [1.29, 1.82) is 0 Å². The van der Waals surface area contributed by atoms with Crippen LogP contribution in [0.1, 0.15) is 36.1 Å². The van der Waals surface area contributed by atoms with E-state index in [-0.39, 0.29) is 12.3 Å². The number of rotatable bonds is 4. The summed E-state index contributed by atoms with van der Waals surface area (Å²) in [6.07, 6.45) is 0.227. The van der Waals surface area contributed by atoms with Crippen LogP contribution in [0.15, 0.2) is 12.1 Å². The lowest BCUT2D eigenvalue weighted by atomic mass is 9.96. The standard InChI is InChI=1S/C16H23NO3/c1-10-7-11(2)13(12(3)8-10)9-14(18)17(6)16(4,5)15(19)20/h7-8H,9H2,1-6H3,(H,19,20). The Kier molecular flexibility index (Phi) is 4.58. The summed E-state index contributed by atoms with van der Waals surface area (Å²) in [5.41, 5.74) is 3.07. The molecule has 4 heteroatoms. The van der Waals surface area contributed by atoms with Gasteiger partial charge in [0.25, 0.3) is 0 Å². The first-order valence-electron chi connectivity index (χ1n) is 6.64. The SMILES string of the molecule is Cc1cc(C)c(CC(=O)N(C)C(C)(C)C(=O)O)c(C)c1. The molecule has 0 radical (unpaired) electrons. The zero-order valence-electron chi connectivity index (χ0n) is 13.1. The molecule has 20 heavy (non-hydrogen) atoms. The maximum atomic E-state index is 12.3. The van der Waals surface area contributed by atoms with Crippen molar-refractivity contribution in [1.82, 2.24) is 4.90 Å². The average molecular weight is 277 g/mol. The summed E-state index contributed by atoms with van der Waals surface area (Å²) >= 11 is 0. The molecule has 0 aliphatic carbocycles. The fourth-order valence-electron chi connectivity index (χ4n) is 2.21. The third-order valence-electron chi connectivity index (χ3n) is 3.90. The van der Waals surface area contributed by atoms with Crippen LogP contribution in [-0.2, 0) is 16.0 Å². The van der Waals surface area contributed by atoms with Gasteiger partial charge in [0.05, 0.1) is 6.42 Å². The van der Waals surface area contributed by atoms with Crippen molar-refractivity contribution >= 4 is 11.9 Å². The Balaban J connectivity index is 3.00. The maximum absolute atomic E-state index is 12.3. The molecule has 0 aliphatic rings. The third kappa shape index (κ3) is 3.18. The van der Waals surface area contributed by atoms with Crippen LogP contribution in [0.5, 0.6) is 0 Å². The van der Waals surface area contributed by atoms with Gasteiger partial charge in [-0.15, -0.1) is 0 Å². The molecule has 4 nitrogen and oxygen atoms in total. The second-order valence-electron chi connectivity index (χ2n) is 5.87. The van der Waals surface area contributed by atoms with Gasteiger partial charge in [0.1, 0.15) is 5.54 Å². The van der Waals surface area contributed by atoms with Crippen molar-refractivity contribution < 1.29 is 14.7 Å². The monoisotopic (exact) mass is 277 g/mol. The zero-order chi connectivity index (χ0) is 15.7. The van der Waals surface area contributed by atoms with Crippen LogP contribution in [0.25, 0.3) is 0 Å². The molecule has 0 bridgehead atoms. The molecule has 1 aromatic rings. The van der Waals surface area contributed by atoms with Crippen molar-refractivity contribution in [3.63, 3.8) is 0 Å². The first kappa shape index (κ1) is 16.2. The first-order chi connectivity index (χ1) is 9.07. The number of aliphatic carboxylic acids is 1. The highest BCUT2D eigenvalue weighted by atomic mass is 16.4. The number of benzene rings is 1. The summed E-state index contributed by atoms with van der Waals surface area (Å²) in [6, 6.07) is 4.08. The van der Waals surface area contributed by atoms with E-state index in [1.165, 1.54) is 25.8 Å². The number of hydrogen-bond donors (Lipinski definition) is 1. The number of carbonyl (C=O) groups is 2. The van der Waals surface area contributed by atoms with E-state index >= 15 is 0 Å². The Morgan fingerprint density at radius 3 is 2.00 bits per heavy atom. The smallest absolute Gasteiger partial charge is 0.329 e. The minimum atomic E-state index is -1.20. The van der Waals surface area contributed by atoms with Crippen molar-refractivity contribution in [2.45, 2.75) is 46.6 Å². The second-order valence-corrected chi connectivity index (χ2v) is 5.87. The summed E-state index contributed by atoms with van der Waals surface area (Å²) < 4.78 is 0. The number of nitrogens with zero attached hydrogens (tertiary/aromatic N) is 1. The van der Waals surface area contributed by atoms with Crippen molar-refractivity contribution in [3.8, 4) is 0 Å². The summed E-state index contributed by atoms with van der Waals surface area (Å²) in [6.45, 7) is 9.03. The van der Waals surface area contributed by atoms with E-state index < -0.39 is 11.5 Å². The van der Waals surface area contributed by atoms with Crippen LogP contribution in [0.2, 0.25) is 0 Å². The van der Waals surface area contributed by atoms with E-state index in [2.05, 4.69) is 0 Å². The Hall–Kier alpha value is -1.84. The molecule has 1 amide bonds. The van der Waals surface area contributed by atoms with E-state index in [0.29, 0.717) is 0 Å². The maximum Gasteiger partial charge on any atom is 0.329 e. The minimum absolute atomic E-state index is 0.188. The van der Waals surface area contributed by atoms with E-state index in [1.54, 1.807) is 0 Å². The number of hydrogen-bond acceptors (Lipinski definition) is 2. The molecule has 110 valence electrons. The van der Waals surface area contributed by atoms with Gasteiger partial charge >= 0.3 is 5.97 Å². The van der Waals surface area contributed by atoms with Crippen LogP contribution < -0.4 is 0 Å². The van der Waals surface area contributed by atoms with Gasteiger partial charge in [-0.1, -0.05) is 17.7 Å². The Morgan fingerprint density at radius 2 is 1.60 bits per heavy atom. The van der Waals surface area contributed by atoms with Crippen LogP contribution in [0, 0.1) is 20.8 Å².